The van der Waals surface area contributed by atoms with E-state index in [0.717, 1.165) is 0 Å². The molecule has 4 heterocycles. The first-order valence-electron chi connectivity index (χ1n) is 8.88. The van der Waals surface area contributed by atoms with E-state index in [-0.39, 0.29) is 11.4 Å². The molecule has 2 atom stereocenters. The molecule has 2 aliphatic heterocycles. The average Bonchev–Trinajstić information content (AvgIpc) is 3.45. The topological polar surface area (TPSA) is 165 Å². The van der Waals surface area contributed by atoms with Gasteiger partial charge in [0.05, 0.1) is 5.75 Å². The van der Waals surface area contributed by atoms with E-state index in [9.17, 15) is 19.5 Å². The van der Waals surface area contributed by atoms with E-state index in [2.05, 4.69) is 31.0 Å². The molecule has 13 nitrogen and oxygen atoms in total. The van der Waals surface area contributed by atoms with Crippen molar-refractivity contribution in [2.75, 3.05) is 24.4 Å². The van der Waals surface area contributed by atoms with E-state index in [1.165, 1.54) is 63.3 Å². The third-order valence-electron chi connectivity index (χ3n) is 4.58. The maximum Gasteiger partial charge on any atom is 0.352 e. The number of carbonyl (C=O) groups excluding carboxylic acids is 2. The molecule has 0 bridgehead atoms. The number of carbonyl (C=O) groups is 3. The van der Waals surface area contributed by atoms with Crippen LogP contribution in [-0.2, 0) is 26.2 Å². The van der Waals surface area contributed by atoms with Crippen LogP contribution in [-0.4, -0.2) is 93.7 Å². The van der Waals surface area contributed by atoms with E-state index in [1.807, 2.05) is 0 Å². The molecule has 1 saturated heterocycles. The minimum atomic E-state index is -1.63. The van der Waals surface area contributed by atoms with Gasteiger partial charge in [0, 0.05) is 25.7 Å². The Morgan fingerprint density at radius 3 is 2.84 bits per heavy atom. The maximum absolute atomic E-state index is 13.1. The second-order valence-electron chi connectivity index (χ2n) is 6.45. The lowest BCUT2D eigenvalue weighted by Gasteiger charge is -2.55. The lowest BCUT2D eigenvalue weighted by atomic mass is 9.98. The minimum Gasteiger partial charge on any atom is -0.477 e. The monoisotopic (exact) mass is 516 g/mol. The fourth-order valence-corrected chi connectivity index (χ4v) is 6.86. The number of ether oxygens (including phenoxy) is 1. The highest BCUT2D eigenvalue weighted by Crippen LogP contribution is 2.47. The van der Waals surface area contributed by atoms with Crippen LogP contribution in [0.5, 0.6) is 0 Å². The Hall–Kier alpha value is -2.21. The van der Waals surface area contributed by atoms with Crippen LogP contribution < -0.4 is 5.32 Å². The zero-order valence-electron chi connectivity index (χ0n) is 16.6. The standard InChI is InChI=1S/C15H16N8O5S4/c1-22-13(18-20-21-22)30-4-7-3-29-12-15(28-2,11(27)23(12)9(7)10(25)26)17-8(24)5-31-14-19-16-6-32-14/h6,12H,3-5H2,1-2H3,(H,17,24)(H,25,26)/t12-,15-/m0/s1. The summed E-state index contributed by atoms with van der Waals surface area (Å²) in [4.78, 5) is 38.7. The molecule has 2 amide bonds. The van der Waals surface area contributed by atoms with Crippen LogP contribution in [0.4, 0.5) is 0 Å². The quantitative estimate of drug-likeness (QED) is 0.253. The molecule has 2 N–H and O–H groups in total. The predicted octanol–water partition coefficient (Wildman–Crippen LogP) is -0.341. The van der Waals surface area contributed by atoms with Crippen LogP contribution in [0.15, 0.2) is 26.3 Å². The molecule has 32 heavy (non-hydrogen) atoms. The van der Waals surface area contributed by atoms with Gasteiger partial charge < -0.3 is 15.2 Å². The van der Waals surface area contributed by atoms with Gasteiger partial charge in [-0.2, -0.15) is 0 Å². The highest BCUT2D eigenvalue weighted by molar-refractivity contribution is 8.01. The number of aliphatic carboxylic acids is 1. The fraction of sp³-hybridized carbons (Fsp3) is 0.467. The molecular formula is C15H16N8O5S4. The summed E-state index contributed by atoms with van der Waals surface area (Å²) in [5, 5.41) is 31.0. The van der Waals surface area contributed by atoms with Crippen molar-refractivity contribution in [3.8, 4) is 0 Å². The number of aryl methyl sites for hydroxylation is 1. The maximum atomic E-state index is 13.1. The Balaban J connectivity index is 1.49. The van der Waals surface area contributed by atoms with E-state index >= 15 is 0 Å². The highest BCUT2D eigenvalue weighted by Gasteiger charge is 2.66. The third kappa shape index (κ3) is 4.09. The summed E-state index contributed by atoms with van der Waals surface area (Å²) in [6.45, 7) is 0. The van der Waals surface area contributed by atoms with Crippen molar-refractivity contribution in [2.45, 2.75) is 20.6 Å². The smallest absolute Gasteiger partial charge is 0.352 e. The van der Waals surface area contributed by atoms with Gasteiger partial charge in [-0.05, 0) is 16.0 Å². The average molecular weight is 517 g/mol. The summed E-state index contributed by atoms with van der Waals surface area (Å²) >= 11 is 5.08. The van der Waals surface area contributed by atoms with Gasteiger partial charge >= 0.3 is 5.97 Å². The van der Waals surface area contributed by atoms with Gasteiger partial charge in [-0.1, -0.05) is 34.9 Å². The molecule has 0 unspecified atom stereocenters. The van der Waals surface area contributed by atoms with Crippen molar-refractivity contribution in [1.29, 1.82) is 0 Å². The van der Waals surface area contributed by atoms with Crippen LogP contribution in [0.2, 0.25) is 0 Å². The Bertz CT molecular complexity index is 1080. The first-order valence-corrected chi connectivity index (χ1v) is 12.8. The second-order valence-corrected chi connectivity index (χ2v) is 10.5. The number of carboxylic acids is 1. The molecule has 0 radical (unpaired) electrons. The molecule has 17 heteroatoms. The number of amides is 2. The fourth-order valence-electron chi connectivity index (χ4n) is 3.15. The largest absolute Gasteiger partial charge is 0.477 e. The molecule has 0 spiro atoms. The lowest BCUT2D eigenvalue weighted by Crippen LogP contribution is -2.80. The van der Waals surface area contributed by atoms with Crippen LogP contribution >= 0.6 is 46.6 Å². The summed E-state index contributed by atoms with van der Waals surface area (Å²) in [5.41, 5.74) is 0.380. The molecule has 4 rings (SSSR count). The second kappa shape index (κ2) is 9.34. The lowest BCUT2D eigenvalue weighted by molar-refractivity contribution is -0.192. The Kier molecular flexibility index (Phi) is 6.70. The number of fused-ring (bicyclic) bond motifs is 1. The number of rotatable bonds is 9. The SMILES string of the molecule is CO[C@@]1(NC(=O)CSc2nncs2)C(=O)N2C(C(=O)O)=C(CSc3nnnn3C)CS[C@H]21. The first-order chi connectivity index (χ1) is 15.4. The molecule has 0 aliphatic carbocycles. The van der Waals surface area contributed by atoms with Crippen molar-refractivity contribution >= 4 is 64.4 Å². The minimum absolute atomic E-state index is 0.0141. The van der Waals surface area contributed by atoms with Crippen LogP contribution in [0, 0.1) is 0 Å². The zero-order valence-corrected chi connectivity index (χ0v) is 19.9. The van der Waals surface area contributed by atoms with E-state index in [0.29, 0.717) is 26.6 Å². The van der Waals surface area contributed by atoms with Gasteiger partial charge in [0.2, 0.25) is 11.1 Å². The van der Waals surface area contributed by atoms with Gasteiger partial charge in [-0.3, -0.25) is 14.5 Å². The number of methoxy groups -OCH3 is 1. The Morgan fingerprint density at radius 2 is 2.22 bits per heavy atom. The van der Waals surface area contributed by atoms with Crippen molar-refractivity contribution in [2.24, 2.45) is 7.05 Å². The van der Waals surface area contributed by atoms with Crippen molar-refractivity contribution in [3.63, 3.8) is 0 Å². The molecule has 2 aromatic rings. The number of tetrazole rings is 1. The van der Waals surface area contributed by atoms with E-state index < -0.39 is 28.9 Å². The van der Waals surface area contributed by atoms with Crippen LogP contribution in [0.1, 0.15) is 0 Å². The van der Waals surface area contributed by atoms with Gasteiger partial charge in [0.15, 0.2) is 4.34 Å². The molecule has 2 aliphatic rings. The molecule has 0 aromatic carbocycles. The molecule has 2 aromatic heterocycles. The van der Waals surface area contributed by atoms with Crippen molar-refractivity contribution in [1.82, 2.24) is 40.6 Å². The number of hydrogen-bond donors (Lipinski definition) is 2. The zero-order chi connectivity index (χ0) is 22.9. The summed E-state index contributed by atoms with van der Waals surface area (Å²) in [7, 11) is 2.99. The van der Waals surface area contributed by atoms with Crippen LogP contribution in [0.3, 0.4) is 0 Å². The van der Waals surface area contributed by atoms with Gasteiger partial charge in [0.25, 0.3) is 11.6 Å². The number of nitrogens with zero attached hydrogens (tertiary/aromatic N) is 7. The third-order valence-corrected chi connectivity index (χ3v) is 8.91. The van der Waals surface area contributed by atoms with Crippen LogP contribution in [0.25, 0.3) is 0 Å². The first kappa shape index (κ1) is 23.0. The van der Waals surface area contributed by atoms with Crippen molar-refractivity contribution < 1.29 is 24.2 Å². The Morgan fingerprint density at radius 1 is 1.41 bits per heavy atom. The predicted molar refractivity (Wildman–Crippen MR) is 116 cm³/mol. The number of thioether (sulfide) groups is 3. The molecular weight excluding hydrogens is 500 g/mol. The normalized spacial score (nSPS) is 22.5. The van der Waals surface area contributed by atoms with E-state index in [4.69, 9.17) is 4.74 Å². The van der Waals surface area contributed by atoms with Gasteiger partial charge in [-0.25, -0.2) is 9.48 Å². The summed E-state index contributed by atoms with van der Waals surface area (Å²) < 4.78 is 7.53. The summed E-state index contributed by atoms with van der Waals surface area (Å²) in [6.07, 6.45) is 0. The number of carboxylic acid groups (broad SMARTS) is 1. The highest BCUT2D eigenvalue weighted by atomic mass is 32.2. The van der Waals surface area contributed by atoms with Crippen molar-refractivity contribution in [3.05, 3.63) is 16.8 Å². The summed E-state index contributed by atoms with van der Waals surface area (Å²) in [6, 6.07) is 0. The number of hydrogen-bond acceptors (Lipinski definition) is 13. The Labute approximate surface area is 197 Å². The number of β-lactam (4-membered cyclic amide) rings is 1. The molecule has 170 valence electrons. The summed E-state index contributed by atoms with van der Waals surface area (Å²) in [5.74, 6) is -1.64. The molecule has 0 saturated carbocycles. The molecule has 1 fully saturated rings. The van der Waals surface area contributed by atoms with E-state index in [1.54, 1.807) is 12.6 Å². The number of nitrogens with one attached hydrogen (secondary N) is 1. The van der Waals surface area contributed by atoms with Gasteiger partial charge in [0.1, 0.15) is 16.6 Å². The number of aromatic nitrogens is 6. The van der Waals surface area contributed by atoms with Gasteiger partial charge in [-0.15, -0.1) is 27.1 Å².